The monoisotopic (exact) mass is 512 g/mol. The van der Waals surface area contributed by atoms with Gasteiger partial charge in [0.1, 0.15) is 29.9 Å². The van der Waals surface area contributed by atoms with Gasteiger partial charge in [-0.2, -0.15) is 11.1 Å². The fourth-order valence-corrected chi connectivity index (χ4v) is 4.55. The Morgan fingerprint density at radius 2 is 1.78 bits per heavy atom. The third-order valence-electron chi connectivity index (χ3n) is 6.27. The molecule has 5 N–H and O–H groups in total. The zero-order valence-corrected chi connectivity index (χ0v) is 20.5. The number of rotatable bonds is 8. The first-order chi connectivity index (χ1) is 17.9. The molecule has 12 heteroatoms. The van der Waals surface area contributed by atoms with Crippen LogP contribution in [0.3, 0.4) is 0 Å². The molecule has 3 heterocycles. The molecule has 0 unspecified atom stereocenters. The van der Waals surface area contributed by atoms with Crippen molar-refractivity contribution >= 4 is 16.7 Å². The van der Waals surface area contributed by atoms with Gasteiger partial charge in [0.25, 0.3) is 0 Å². The third-order valence-corrected chi connectivity index (χ3v) is 6.27. The number of benzene rings is 2. The summed E-state index contributed by atoms with van der Waals surface area (Å²) in [6, 6.07) is 7.88. The molecule has 1 aliphatic heterocycles. The molecule has 37 heavy (non-hydrogen) atoms. The fourth-order valence-electron chi connectivity index (χ4n) is 4.55. The first-order valence-electron chi connectivity index (χ1n) is 11.9. The van der Waals surface area contributed by atoms with Crippen molar-refractivity contribution in [2.75, 3.05) is 18.5 Å². The van der Waals surface area contributed by atoms with E-state index in [0.29, 0.717) is 59.0 Å². The van der Waals surface area contributed by atoms with Crippen molar-refractivity contribution in [1.82, 2.24) is 36.5 Å². The number of ether oxygens (including phenoxy) is 1. The van der Waals surface area contributed by atoms with E-state index in [1.807, 2.05) is 19.9 Å². The van der Waals surface area contributed by atoms with Crippen molar-refractivity contribution in [3.8, 4) is 17.0 Å². The maximum Gasteiger partial charge on any atom is 0.183 e. The molecule has 1 aliphatic rings. The average Bonchev–Trinajstić information content (AvgIpc) is 3.51. The highest BCUT2D eigenvalue weighted by atomic mass is 19.2. The number of aryl methyl sites for hydroxylation is 2. The second kappa shape index (κ2) is 10.3. The number of hydrogen-bond acceptors (Lipinski definition) is 8. The van der Waals surface area contributed by atoms with Gasteiger partial charge in [-0.1, -0.05) is 0 Å². The number of nitrogens with one attached hydrogen (secondary N) is 5. The van der Waals surface area contributed by atoms with Crippen molar-refractivity contribution in [2.45, 2.75) is 33.5 Å². The summed E-state index contributed by atoms with van der Waals surface area (Å²) in [5, 5.41) is 3.88. The predicted molar refractivity (Wildman–Crippen MR) is 134 cm³/mol. The van der Waals surface area contributed by atoms with Crippen molar-refractivity contribution in [1.29, 1.82) is 0 Å². The molecule has 194 valence electrons. The van der Waals surface area contributed by atoms with Crippen molar-refractivity contribution in [3.05, 3.63) is 70.9 Å². The van der Waals surface area contributed by atoms with Crippen LogP contribution >= 0.6 is 0 Å². The molecule has 0 amide bonds. The molecule has 0 saturated carbocycles. The van der Waals surface area contributed by atoms with Gasteiger partial charge in [-0.25, -0.2) is 34.0 Å². The van der Waals surface area contributed by atoms with Crippen LogP contribution in [0.4, 0.5) is 19.0 Å². The highest BCUT2D eigenvalue weighted by Gasteiger charge is 2.25. The molecule has 2 aromatic heterocycles. The van der Waals surface area contributed by atoms with E-state index in [-0.39, 0.29) is 5.52 Å². The SMILES string of the molecule is CCOc1cc(-c2cc(NCCn3c(C)cc4c(C)cc(F)c(F)c43)ncn2)cc(F)c1C1NNNN1. The van der Waals surface area contributed by atoms with Gasteiger partial charge in [0, 0.05) is 35.8 Å². The van der Waals surface area contributed by atoms with E-state index in [2.05, 4.69) is 37.2 Å². The highest BCUT2D eigenvalue weighted by molar-refractivity contribution is 5.85. The van der Waals surface area contributed by atoms with Gasteiger partial charge in [0.15, 0.2) is 11.6 Å². The Kier molecular flexibility index (Phi) is 6.98. The van der Waals surface area contributed by atoms with Crippen LogP contribution in [0.1, 0.15) is 29.9 Å². The number of nitrogens with zero attached hydrogens (tertiary/aromatic N) is 3. The number of halogens is 3. The molecule has 0 aliphatic carbocycles. The summed E-state index contributed by atoms with van der Waals surface area (Å²) >= 11 is 0. The maximum absolute atomic E-state index is 15.2. The van der Waals surface area contributed by atoms with Crippen LogP contribution in [0, 0.1) is 31.3 Å². The smallest absolute Gasteiger partial charge is 0.183 e. The molecule has 0 spiro atoms. The van der Waals surface area contributed by atoms with Gasteiger partial charge >= 0.3 is 0 Å². The summed E-state index contributed by atoms with van der Waals surface area (Å²) in [5.74, 6) is -1.31. The predicted octanol–water partition coefficient (Wildman–Crippen LogP) is 3.76. The minimum atomic E-state index is -0.866. The van der Waals surface area contributed by atoms with Crippen LogP contribution in [0.2, 0.25) is 0 Å². The molecule has 0 bridgehead atoms. The van der Waals surface area contributed by atoms with Gasteiger partial charge < -0.3 is 14.6 Å². The zero-order chi connectivity index (χ0) is 26.1. The van der Waals surface area contributed by atoms with Crippen molar-refractivity contribution in [2.24, 2.45) is 0 Å². The first kappa shape index (κ1) is 25.0. The van der Waals surface area contributed by atoms with E-state index < -0.39 is 23.6 Å². The van der Waals surface area contributed by atoms with E-state index in [1.165, 1.54) is 18.5 Å². The molecule has 4 aromatic rings. The molecule has 0 atom stereocenters. The summed E-state index contributed by atoms with van der Waals surface area (Å²) in [6.07, 6.45) is 0.848. The number of hydrazine groups is 3. The molecule has 5 rings (SSSR count). The number of hydrogen-bond donors (Lipinski definition) is 5. The van der Waals surface area contributed by atoms with Gasteiger partial charge in [-0.05, 0) is 50.6 Å². The summed E-state index contributed by atoms with van der Waals surface area (Å²) in [7, 11) is 0. The van der Waals surface area contributed by atoms with Crippen molar-refractivity contribution in [3.63, 3.8) is 0 Å². The summed E-state index contributed by atoms with van der Waals surface area (Å²) in [6.45, 7) is 6.58. The van der Waals surface area contributed by atoms with E-state index in [9.17, 15) is 8.78 Å². The molecular formula is C25H27F3N8O. The number of fused-ring (bicyclic) bond motifs is 1. The van der Waals surface area contributed by atoms with Crippen LogP contribution in [0.5, 0.6) is 5.75 Å². The van der Waals surface area contributed by atoms with Crippen LogP contribution in [-0.4, -0.2) is 27.7 Å². The van der Waals surface area contributed by atoms with Crippen LogP contribution in [0.25, 0.3) is 22.2 Å². The van der Waals surface area contributed by atoms with E-state index in [1.54, 1.807) is 23.6 Å². The molecular weight excluding hydrogens is 485 g/mol. The lowest BCUT2D eigenvalue weighted by molar-refractivity contribution is 0.326. The Morgan fingerprint density at radius 3 is 2.54 bits per heavy atom. The minimum Gasteiger partial charge on any atom is -0.493 e. The Labute approximate surface area is 211 Å². The van der Waals surface area contributed by atoms with Gasteiger partial charge in [0.2, 0.25) is 0 Å². The summed E-state index contributed by atoms with van der Waals surface area (Å²) in [4.78, 5) is 8.55. The Balaban J connectivity index is 1.37. The van der Waals surface area contributed by atoms with Crippen LogP contribution < -0.4 is 32.0 Å². The highest BCUT2D eigenvalue weighted by Crippen LogP contribution is 2.33. The average molecular weight is 513 g/mol. The van der Waals surface area contributed by atoms with Crippen LogP contribution in [0.15, 0.2) is 36.7 Å². The molecule has 2 aromatic carbocycles. The largest absolute Gasteiger partial charge is 0.493 e. The molecule has 9 nitrogen and oxygen atoms in total. The summed E-state index contributed by atoms with van der Waals surface area (Å²) in [5.41, 5.74) is 14.2. The lowest BCUT2D eigenvalue weighted by Crippen LogP contribution is -2.33. The maximum atomic E-state index is 15.2. The van der Waals surface area contributed by atoms with Crippen molar-refractivity contribution < 1.29 is 17.9 Å². The van der Waals surface area contributed by atoms with E-state index in [0.717, 1.165) is 5.69 Å². The Hall–Kier alpha value is -3.71. The topological polar surface area (TPSA) is 100 Å². The van der Waals surface area contributed by atoms with E-state index in [4.69, 9.17) is 4.74 Å². The second-order valence-corrected chi connectivity index (χ2v) is 8.68. The normalized spacial score (nSPS) is 14.0. The zero-order valence-electron chi connectivity index (χ0n) is 20.5. The van der Waals surface area contributed by atoms with Gasteiger partial charge in [-0.15, -0.1) is 0 Å². The lowest BCUT2D eigenvalue weighted by atomic mass is 10.0. The molecule has 0 radical (unpaired) electrons. The van der Waals surface area contributed by atoms with Gasteiger partial charge in [-0.3, -0.25) is 0 Å². The Bertz CT molecular complexity index is 1450. The third kappa shape index (κ3) is 4.83. The lowest BCUT2D eigenvalue weighted by Gasteiger charge is -2.17. The number of anilines is 1. The molecule has 1 fully saturated rings. The Morgan fingerprint density at radius 1 is 1.00 bits per heavy atom. The minimum absolute atomic E-state index is 0.246. The quantitative estimate of drug-likeness (QED) is 0.243. The number of aromatic nitrogens is 3. The standard InChI is InChI=1S/C25H27F3N8O/c1-4-37-20-10-15(9-17(26)22(20)25-32-34-35-33-25)19-11-21(31-12-30-19)29-5-6-36-14(3)8-16-13(2)7-18(27)23(28)24(16)36/h7-12,25,32-35H,4-6H2,1-3H3,(H,29,30,31). The van der Waals surface area contributed by atoms with Gasteiger partial charge in [0.05, 0.1) is 23.4 Å². The van der Waals surface area contributed by atoms with E-state index >= 15 is 4.39 Å². The van der Waals surface area contributed by atoms with Crippen LogP contribution in [-0.2, 0) is 6.54 Å². The fraction of sp³-hybridized carbons (Fsp3) is 0.280. The summed E-state index contributed by atoms with van der Waals surface area (Å²) < 4.78 is 51.2. The first-order valence-corrected chi connectivity index (χ1v) is 11.9. The molecule has 1 saturated heterocycles. The second-order valence-electron chi connectivity index (χ2n) is 8.68.